The van der Waals surface area contributed by atoms with E-state index in [0.29, 0.717) is 4.47 Å². The fourth-order valence-corrected chi connectivity index (χ4v) is 3.04. The van der Waals surface area contributed by atoms with Gasteiger partial charge in [0.15, 0.2) is 5.75 Å². The van der Waals surface area contributed by atoms with E-state index in [0.717, 1.165) is 0 Å². The lowest BCUT2D eigenvalue weighted by Gasteiger charge is -2.07. The second kappa shape index (κ2) is 4.26. The van der Waals surface area contributed by atoms with Crippen molar-refractivity contribution in [2.45, 2.75) is 4.90 Å². The highest BCUT2D eigenvalue weighted by molar-refractivity contribution is 9.10. The summed E-state index contributed by atoms with van der Waals surface area (Å²) in [5.74, 6) is 0.0462. The number of benzene rings is 1. The van der Waals surface area contributed by atoms with Crippen LogP contribution in [-0.2, 0) is 9.05 Å². The minimum absolute atomic E-state index is 0.0462. The second-order valence-corrected chi connectivity index (χ2v) is 6.21. The molecule has 0 N–H and O–H groups in total. The summed E-state index contributed by atoms with van der Waals surface area (Å²) in [6, 6.07) is 2.85. The molecule has 0 saturated heterocycles. The average molecular weight is 320 g/mol. The summed E-state index contributed by atoms with van der Waals surface area (Å²) in [5, 5.41) is 0.182. The Morgan fingerprint density at radius 3 is 2.43 bits per heavy atom. The van der Waals surface area contributed by atoms with Gasteiger partial charge in [0, 0.05) is 15.2 Å². The van der Waals surface area contributed by atoms with E-state index in [2.05, 4.69) is 15.9 Å². The molecule has 78 valence electrons. The molecule has 0 radical (unpaired) electrons. The Balaban J connectivity index is 3.56. The summed E-state index contributed by atoms with van der Waals surface area (Å²) in [6.07, 6.45) is 0. The lowest BCUT2D eigenvalue weighted by atomic mass is 10.3. The minimum atomic E-state index is -3.86. The van der Waals surface area contributed by atoms with Crippen molar-refractivity contribution in [3.8, 4) is 5.75 Å². The summed E-state index contributed by atoms with van der Waals surface area (Å²) in [7, 11) is 2.66. The molecule has 1 rings (SSSR count). The molecule has 0 saturated carbocycles. The number of hydrogen-bond donors (Lipinski definition) is 0. The van der Waals surface area contributed by atoms with Crippen LogP contribution in [0.2, 0.25) is 5.02 Å². The molecular formula is C7H5BrCl2O3S. The van der Waals surface area contributed by atoms with Gasteiger partial charge in [-0.15, -0.1) is 0 Å². The zero-order chi connectivity index (χ0) is 10.9. The van der Waals surface area contributed by atoms with Crippen molar-refractivity contribution < 1.29 is 13.2 Å². The van der Waals surface area contributed by atoms with Gasteiger partial charge < -0.3 is 4.74 Å². The molecule has 0 heterocycles. The smallest absolute Gasteiger partial charge is 0.265 e. The number of hydrogen-bond acceptors (Lipinski definition) is 3. The van der Waals surface area contributed by atoms with Crippen molar-refractivity contribution in [2.75, 3.05) is 7.11 Å². The third-order valence-electron chi connectivity index (χ3n) is 1.44. The van der Waals surface area contributed by atoms with Crippen molar-refractivity contribution in [2.24, 2.45) is 0 Å². The molecule has 3 nitrogen and oxygen atoms in total. The van der Waals surface area contributed by atoms with Crippen LogP contribution in [-0.4, -0.2) is 15.5 Å². The molecule has 0 amide bonds. The van der Waals surface area contributed by atoms with E-state index < -0.39 is 9.05 Å². The van der Waals surface area contributed by atoms with Crippen LogP contribution in [0.1, 0.15) is 0 Å². The predicted molar refractivity (Wildman–Crippen MR) is 58.7 cm³/mol. The molecule has 0 aliphatic heterocycles. The zero-order valence-corrected chi connectivity index (χ0v) is 10.8. The van der Waals surface area contributed by atoms with Gasteiger partial charge in [-0.25, -0.2) is 8.42 Å². The van der Waals surface area contributed by atoms with Gasteiger partial charge >= 0.3 is 0 Å². The lowest BCUT2D eigenvalue weighted by Crippen LogP contribution is -1.96. The largest absolute Gasteiger partial charge is 0.494 e. The number of rotatable bonds is 2. The summed E-state index contributed by atoms with van der Waals surface area (Å²) >= 11 is 8.87. The molecule has 0 aliphatic rings. The van der Waals surface area contributed by atoms with E-state index in [1.807, 2.05) is 0 Å². The first-order valence-corrected chi connectivity index (χ1v) is 6.82. The van der Waals surface area contributed by atoms with E-state index >= 15 is 0 Å². The molecule has 1 aromatic rings. The van der Waals surface area contributed by atoms with Crippen molar-refractivity contribution >= 4 is 47.3 Å². The normalized spacial score (nSPS) is 11.4. The van der Waals surface area contributed by atoms with Gasteiger partial charge in [0.1, 0.15) is 4.90 Å². The highest BCUT2D eigenvalue weighted by Gasteiger charge is 2.19. The van der Waals surface area contributed by atoms with Crippen LogP contribution in [0.4, 0.5) is 0 Å². The summed E-state index contributed by atoms with van der Waals surface area (Å²) in [5.41, 5.74) is 0. The monoisotopic (exact) mass is 318 g/mol. The highest BCUT2D eigenvalue weighted by atomic mass is 79.9. The fraction of sp³-hybridized carbons (Fsp3) is 0.143. The maximum atomic E-state index is 11.1. The van der Waals surface area contributed by atoms with Crippen LogP contribution in [0.15, 0.2) is 21.5 Å². The van der Waals surface area contributed by atoms with Crippen molar-refractivity contribution in [1.82, 2.24) is 0 Å². The molecule has 0 spiro atoms. The Morgan fingerprint density at radius 2 is 2.00 bits per heavy atom. The molecule has 0 atom stereocenters. The maximum absolute atomic E-state index is 11.1. The lowest BCUT2D eigenvalue weighted by molar-refractivity contribution is 0.403. The number of methoxy groups -OCH3 is 1. The van der Waals surface area contributed by atoms with Gasteiger partial charge in [-0.05, 0) is 12.1 Å². The van der Waals surface area contributed by atoms with Crippen LogP contribution in [0, 0.1) is 0 Å². The molecular weight excluding hydrogens is 315 g/mol. The van der Waals surface area contributed by atoms with Gasteiger partial charge in [0.25, 0.3) is 9.05 Å². The van der Waals surface area contributed by atoms with Gasteiger partial charge in [-0.1, -0.05) is 27.5 Å². The van der Waals surface area contributed by atoms with Gasteiger partial charge in [-0.3, -0.25) is 0 Å². The van der Waals surface area contributed by atoms with Crippen LogP contribution in [0.5, 0.6) is 5.75 Å². The third kappa shape index (κ3) is 2.53. The molecule has 0 bridgehead atoms. The maximum Gasteiger partial charge on any atom is 0.265 e. The minimum Gasteiger partial charge on any atom is -0.494 e. The van der Waals surface area contributed by atoms with E-state index in [1.165, 1.54) is 19.2 Å². The standard InChI is InChI=1S/C7H5BrCl2O3S/c1-13-7-5(9)2-4(8)3-6(7)14(10,11)12/h2-3H,1H3. The Labute approximate surface area is 99.5 Å². The zero-order valence-electron chi connectivity index (χ0n) is 6.92. The van der Waals surface area contributed by atoms with E-state index in [-0.39, 0.29) is 15.7 Å². The molecule has 0 unspecified atom stereocenters. The van der Waals surface area contributed by atoms with Crippen molar-refractivity contribution in [3.63, 3.8) is 0 Å². The molecule has 7 heteroatoms. The van der Waals surface area contributed by atoms with E-state index in [4.69, 9.17) is 27.0 Å². The topological polar surface area (TPSA) is 43.4 Å². The van der Waals surface area contributed by atoms with Crippen LogP contribution in [0.25, 0.3) is 0 Å². The molecule has 14 heavy (non-hydrogen) atoms. The second-order valence-electron chi connectivity index (χ2n) is 2.36. The molecule has 0 fully saturated rings. The Morgan fingerprint density at radius 1 is 1.43 bits per heavy atom. The number of ether oxygens (including phenoxy) is 1. The Bertz CT molecular complexity index is 458. The number of halogens is 3. The molecule has 1 aromatic carbocycles. The first-order valence-electron chi connectivity index (χ1n) is 3.34. The summed E-state index contributed by atoms with van der Waals surface area (Å²) in [4.78, 5) is -0.152. The third-order valence-corrected chi connectivity index (χ3v) is 3.51. The average Bonchev–Trinajstić information content (AvgIpc) is 2.01. The summed E-state index contributed by atoms with van der Waals surface area (Å²) in [6.45, 7) is 0. The van der Waals surface area contributed by atoms with Gasteiger partial charge in [0.05, 0.1) is 12.1 Å². The van der Waals surface area contributed by atoms with E-state index in [1.54, 1.807) is 0 Å². The molecule has 0 aromatic heterocycles. The van der Waals surface area contributed by atoms with Crippen LogP contribution >= 0.6 is 38.2 Å². The van der Waals surface area contributed by atoms with Gasteiger partial charge in [0.2, 0.25) is 0 Å². The van der Waals surface area contributed by atoms with Gasteiger partial charge in [-0.2, -0.15) is 0 Å². The van der Waals surface area contributed by atoms with Crippen molar-refractivity contribution in [3.05, 3.63) is 21.6 Å². The first kappa shape index (κ1) is 12.1. The summed E-state index contributed by atoms with van der Waals surface area (Å²) < 4.78 is 27.6. The van der Waals surface area contributed by atoms with Crippen molar-refractivity contribution in [1.29, 1.82) is 0 Å². The Hall–Kier alpha value is 0.0300. The first-order chi connectivity index (χ1) is 6.36. The quantitative estimate of drug-likeness (QED) is 0.787. The van der Waals surface area contributed by atoms with E-state index in [9.17, 15) is 8.42 Å². The predicted octanol–water partition coefficient (Wildman–Crippen LogP) is 3.04. The fourth-order valence-electron chi connectivity index (χ4n) is 0.916. The highest BCUT2D eigenvalue weighted by Crippen LogP contribution is 2.36. The molecule has 0 aliphatic carbocycles. The van der Waals surface area contributed by atoms with Crippen LogP contribution < -0.4 is 4.74 Å². The Kier molecular flexibility index (Phi) is 3.69. The van der Waals surface area contributed by atoms with Crippen LogP contribution in [0.3, 0.4) is 0 Å². The SMILES string of the molecule is COc1c(Cl)cc(Br)cc1S(=O)(=O)Cl.